The first-order valence-electron chi connectivity index (χ1n) is 7.70. The minimum atomic E-state index is -0.520. The Morgan fingerprint density at radius 2 is 1.75 bits per heavy atom. The SMILES string of the molecule is NCCNC(=O)C(=O)N1CCC(CN2CCCC2)CC1. The highest BCUT2D eigenvalue weighted by Crippen LogP contribution is 2.20. The summed E-state index contributed by atoms with van der Waals surface area (Å²) in [6.07, 6.45) is 4.65. The number of piperidine rings is 1. The Kier molecular flexibility index (Phi) is 5.79. The van der Waals surface area contributed by atoms with Crippen LogP contribution in [0.3, 0.4) is 0 Å². The van der Waals surface area contributed by atoms with Crippen molar-refractivity contribution in [2.45, 2.75) is 25.7 Å². The highest BCUT2D eigenvalue weighted by molar-refractivity contribution is 6.35. The predicted molar refractivity (Wildman–Crippen MR) is 77.0 cm³/mol. The van der Waals surface area contributed by atoms with Gasteiger partial charge in [0.1, 0.15) is 0 Å². The van der Waals surface area contributed by atoms with E-state index in [9.17, 15) is 9.59 Å². The Hall–Kier alpha value is -1.14. The molecule has 0 radical (unpaired) electrons. The second-order valence-electron chi connectivity index (χ2n) is 5.79. The van der Waals surface area contributed by atoms with Crippen molar-refractivity contribution in [2.75, 3.05) is 45.8 Å². The molecule has 6 heteroatoms. The largest absolute Gasteiger partial charge is 0.347 e. The fraction of sp³-hybridized carbons (Fsp3) is 0.857. The molecule has 3 N–H and O–H groups in total. The highest BCUT2D eigenvalue weighted by Gasteiger charge is 2.28. The molecule has 2 rings (SSSR count). The molecule has 0 bridgehead atoms. The fourth-order valence-electron chi connectivity index (χ4n) is 3.05. The molecule has 0 aromatic carbocycles. The summed E-state index contributed by atoms with van der Waals surface area (Å²) in [5, 5.41) is 2.54. The van der Waals surface area contributed by atoms with Gasteiger partial charge in [0.25, 0.3) is 0 Å². The number of carbonyl (C=O) groups excluding carboxylic acids is 2. The van der Waals surface area contributed by atoms with Crippen LogP contribution in [0.4, 0.5) is 0 Å². The lowest BCUT2D eigenvalue weighted by Gasteiger charge is -2.33. The van der Waals surface area contributed by atoms with E-state index in [0.717, 1.165) is 19.4 Å². The number of hydrogen-bond donors (Lipinski definition) is 2. The summed E-state index contributed by atoms with van der Waals surface area (Å²) in [6, 6.07) is 0. The van der Waals surface area contributed by atoms with Gasteiger partial charge in [-0.3, -0.25) is 9.59 Å². The van der Waals surface area contributed by atoms with Gasteiger partial charge in [-0.15, -0.1) is 0 Å². The van der Waals surface area contributed by atoms with Crippen molar-refractivity contribution in [3.63, 3.8) is 0 Å². The maximum Gasteiger partial charge on any atom is 0.311 e. The summed E-state index contributed by atoms with van der Waals surface area (Å²) in [6.45, 7) is 5.72. The average Bonchev–Trinajstić information content (AvgIpc) is 2.97. The normalized spacial score (nSPS) is 21.1. The van der Waals surface area contributed by atoms with Gasteiger partial charge in [0.2, 0.25) is 0 Å². The molecular formula is C14H26N4O2. The van der Waals surface area contributed by atoms with Crippen LogP contribution in [0.2, 0.25) is 0 Å². The fourth-order valence-corrected chi connectivity index (χ4v) is 3.05. The van der Waals surface area contributed by atoms with Crippen molar-refractivity contribution in [3.8, 4) is 0 Å². The van der Waals surface area contributed by atoms with Gasteiger partial charge in [0.05, 0.1) is 0 Å². The van der Waals surface area contributed by atoms with Crippen LogP contribution in [0.5, 0.6) is 0 Å². The summed E-state index contributed by atoms with van der Waals surface area (Å²) >= 11 is 0. The second kappa shape index (κ2) is 7.59. The molecule has 2 heterocycles. The van der Waals surface area contributed by atoms with Crippen LogP contribution in [-0.4, -0.2) is 67.4 Å². The standard InChI is InChI=1S/C14H26N4O2/c15-5-6-16-13(19)14(20)18-9-3-12(4-10-18)11-17-7-1-2-8-17/h12H,1-11,15H2,(H,16,19). The number of nitrogens with two attached hydrogens (primary N) is 1. The Morgan fingerprint density at radius 3 is 2.35 bits per heavy atom. The van der Waals surface area contributed by atoms with E-state index in [-0.39, 0.29) is 0 Å². The van der Waals surface area contributed by atoms with Gasteiger partial charge in [0.15, 0.2) is 0 Å². The molecule has 0 aromatic heterocycles. The van der Waals surface area contributed by atoms with Crippen LogP contribution in [0.1, 0.15) is 25.7 Å². The average molecular weight is 282 g/mol. The monoisotopic (exact) mass is 282 g/mol. The van der Waals surface area contributed by atoms with Gasteiger partial charge in [-0.05, 0) is 44.7 Å². The summed E-state index contributed by atoms with van der Waals surface area (Å²) in [5.41, 5.74) is 5.31. The van der Waals surface area contributed by atoms with Crippen LogP contribution < -0.4 is 11.1 Å². The van der Waals surface area contributed by atoms with Crippen molar-refractivity contribution in [1.29, 1.82) is 0 Å². The molecule has 0 unspecified atom stereocenters. The van der Waals surface area contributed by atoms with Gasteiger partial charge >= 0.3 is 11.8 Å². The van der Waals surface area contributed by atoms with E-state index in [1.807, 2.05) is 0 Å². The Bertz CT molecular complexity index is 334. The lowest BCUT2D eigenvalue weighted by Crippen LogP contribution is -2.48. The van der Waals surface area contributed by atoms with E-state index in [1.165, 1.54) is 25.9 Å². The third-order valence-corrected chi connectivity index (χ3v) is 4.24. The summed E-state index contributed by atoms with van der Waals surface area (Å²) < 4.78 is 0. The summed E-state index contributed by atoms with van der Waals surface area (Å²) in [7, 11) is 0. The zero-order chi connectivity index (χ0) is 14.4. The van der Waals surface area contributed by atoms with E-state index in [1.54, 1.807) is 4.90 Å². The van der Waals surface area contributed by atoms with Gasteiger partial charge < -0.3 is 20.9 Å². The first kappa shape index (κ1) is 15.3. The first-order chi connectivity index (χ1) is 9.70. The molecule has 6 nitrogen and oxygen atoms in total. The lowest BCUT2D eigenvalue weighted by atomic mass is 9.96. The molecule has 2 amide bonds. The third-order valence-electron chi connectivity index (χ3n) is 4.24. The van der Waals surface area contributed by atoms with Gasteiger partial charge in [-0.2, -0.15) is 0 Å². The molecule has 0 atom stereocenters. The Balaban J connectivity index is 1.70. The van der Waals surface area contributed by atoms with Crippen molar-refractivity contribution in [3.05, 3.63) is 0 Å². The zero-order valence-electron chi connectivity index (χ0n) is 12.1. The highest BCUT2D eigenvalue weighted by atomic mass is 16.2. The molecule has 2 saturated heterocycles. The van der Waals surface area contributed by atoms with Gasteiger partial charge in [0, 0.05) is 32.7 Å². The molecule has 0 spiro atoms. The number of nitrogens with zero attached hydrogens (tertiary/aromatic N) is 2. The summed E-state index contributed by atoms with van der Waals surface area (Å²) in [5.74, 6) is -0.254. The summed E-state index contributed by atoms with van der Waals surface area (Å²) in [4.78, 5) is 27.7. The van der Waals surface area contributed by atoms with Crippen LogP contribution in [0, 0.1) is 5.92 Å². The van der Waals surface area contributed by atoms with Gasteiger partial charge in [-0.25, -0.2) is 0 Å². The number of hydrogen-bond acceptors (Lipinski definition) is 4. The topological polar surface area (TPSA) is 78.7 Å². The Morgan fingerprint density at radius 1 is 1.10 bits per heavy atom. The number of rotatable bonds is 4. The van der Waals surface area contributed by atoms with Crippen molar-refractivity contribution in [1.82, 2.24) is 15.1 Å². The van der Waals surface area contributed by atoms with Crippen LogP contribution in [0.15, 0.2) is 0 Å². The van der Waals surface area contributed by atoms with E-state index < -0.39 is 11.8 Å². The van der Waals surface area contributed by atoms with E-state index >= 15 is 0 Å². The maximum absolute atomic E-state index is 11.9. The molecular weight excluding hydrogens is 256 g/mol. The Labute approximate surface area is 120 Å². The van der Waals surface area contributed by atoms with Crippen LogP contribution >= 0.6 is 0 Å². The van der Waals surface area contributed by atoms with Crippen molar-refractivity contribution >= 4 is 11.8 Å². The molecule has 2 aliphatic heterocycles. The van der Waals surface area contributed by atoms with Crippen LogP contribution in [0.25, 0.3) is 0 Å². The smallest absolute Gasteiger partial charge is 0.311 e. The third kappa shape index (κ3) is 4.18. The number of carbonyl (C=O) groups is 2. The molecule has 20 heavy (non-hydrogen) atoms. The molecule has 0 aromatic rings. The number of likely N-dealkylation sites (tertiary alicyclic amines) is 2. The number of amides is 2. The lowest BCUT2D eigenvalue weighted by molar-refractivity contribution is -0.146. The van der Waals surface area contributed by atoms with E-state index in [4.69, 9.17) is 5.73 Å². The maximum atomic E-state index is 11.9. The predicted octanol–water partition coefficient (Wildman–Crippen LogP) is -0.604. The van der Waals surface area contributed by atoms with E-state index in [0.29, 0.717) is 32.1 Å². The van der Waals surface area contributed by atoms with Gasteiger partial charge in [-0.1, -0.05) is 0 Å². The van der Waals surface area contributed by atoms with Crippen LogP contribution in [-0.2, 0) is 9.59 Å². The quantitative estimate of drug-likeness (QED) is 0.675. The molecule has 114 valence electrons. The molecule has 0 saturated carbocycles. The zero-order valence-corrected chi connectivity index (χ0v) is 12.1. The first-order valence-corrected chi connectivity index (χ1v) is 7.70. The molecule has 2 aliphatic rings. The molecule has 2 fully saturated rings. The van der Waals surface area contributed by atoms with Crippen molar-refractivity contribution < 1.29 is 9.59 Å². The minimum Gasteiger partial charge on any atom is -0.347 e. The second-order valence-corrected chi connectivity index (χ2v) is 5.79. The minimum absolute atomic E-state index is 0.357. The molecule has 0 aliphatic carbocycles. The van der Waals surface area contributed by atoms with E-state index in [2.05, 4.69) is 10.2 Å². The number of nitrogens with one attached hydrogen (secondary N) is 1. The van der Waals surface area contributed by atoms with Crippen molar-refractivity contribution in [2.24, 2.45) is 11.7 Å².